The Morgan fingerprint density at radius 2 is 1.74 bits per heavy atom. The Kier molecular flexibility index (Phi) is 4.91. The molecule has 0 spiro atoms. The number of carbonyl (C=O) groups is 2. The third-order valence-electron chi connectivity index (χ3n) is 2.33. The highest BCUT2D eigenvalue weighted by Crippen LogP contribution is 2.18. The Morgan fingerprint density at radius 3 is 2.21 bits per heavy atom. The third-order valence-corrected chi connectivity index (χ3v) is 2.33. The number of hydrogen-bond acceptors (Lipinski definition) is 2. The number of aryl methyl sites for hydroxylation is 1. The van der Waals surface area contributed by atoms with E-state index in [0.29, 0.717) is 12.8 Å². The topological polar surface area (TPSA) is 66.4 Å². The average Bonchev–Trinajstić information content (AvgIpc) is 2.29. The lowest BCUT2D eigenvalue weighted by Crippen LogP contribution is -2.29. The van der Waals surface area contributed by atoms with E-state index in [0.717, 1.165) is 5.56 Å². The van der Waals surface area contributed by atoms with Crippen molar-refractivity contribution in [2.24, 2.45) is 0 Å². The van der Waals surface area contributed by atoms with Crippen LogP contribution in [-0.2, 0) is 16.0 Å². The van der Waals surface area contributed by atoms with E-state index in [4.69, 9.17) is 5.11 Å². The summed E-state index contributed by atoms with van der Waals surface area (Å²) in [6.45, 7) is 0. The fourth-order valence-electron chi connectivity index (χ4n) is 1.40. The van der Waals surface area contributed by atoms with E-state index in [-0.39, 0.29) is 12.1 Å². The number of halogens is 3. The zero-order valence-electron chi connectivity index (χ0n) is 9.83. The second-order valence-corrected chi connectivity index (χ2v) is 3.90. The fourth-order valence-corrected chi connectivity index (χ4v) is 1.40. The van der Waals surface area contributed by atoms with Crippen LogP contribution >= 0.6 is 0 Å². The molecule has 104 valence electrons. The minimum absolute atomic E-state index is 0.0343. The molecule has 0 fully saturated rings. The number of rotatable bonds is 5. The summed E-state index contributed by atoms with van der Waals surface area (Å²) < 4.78 is 36.0. The monoisotopic (exact) mass is 275 g/mol. The molecular weight excluding hydrogens is 263 g/mol. The molecule has 1 rings (SSSR count). The van der Waals surface area contributed by atoms with Gasteiger partial charge in [-0.05, 0) is 30.5 Å². The number of carboxylic acid groups (broad SMARTS) is 1. The summed E-state index contributed by atoms with van der Waals surface area (Å²) in [6.07, 6.45) is -3.92. The molecule has 0 unspecified atom stereocenters. The molecule has 2 N–H and O–H groups in total. The van der Waals surface area contributed by atoms with Gasteiger partial charge in [-0.3, -0.25) is 9.59 Å². The molecule has 0 saturated heterocycles. The Bertz CT molecular complexity index is 454. The maximum absolute atomic E-state index is 12.0. The van der Waals surface area contributed by atoms with Crippen LogP contribution in [0.1, 0.15) is 18.4 Å². The number of carboxylic acids is 1. The molecule has 1 amide bonds. The molecule has 1 aromatic carbocycles. The zero-order valence-corrected chi connectivity index (χ0v) is 9.83. The number of amides is 1. The van der Waals surface area contributed by atoms with Crippen molar-refractivity contribution in [3.05, 3.63) is 29.8 Å². The molecule has 0 bridgehead atoms. The molecule has 0 saturated carbocycles. The first-order valence-electron chi connectivity index (χ1n) is 5.48. The van der Waals surface area contributed by atoms with Gasteiger partial charge in [-0.15, -0.1) is 0 Å². The second-order valence-electron chi connectivity index (χ2n) is 3.90. The Morgan fingerprint density at radius 1 is 1.16 bits per heavy atom. The van der Waals surface area contributed by atoms with Gasteiger partial charge < -0.3 is 10.4 Å². The number of benzene rings is 1. The van der Waals surface area contributed by atoms with Gasteiger partial charge >= 0.3 is 18.1 Å². The molecule has 0 heterocycles. The van der Waals surface area contributed by atoms with E-state index in [1.54, 1.807) is 17.4 Å². The Labute approximate surface area is 107 Å². The first kappa shape index (κ1) is 15.0. The van der Waals surface area contributed by atoms with E-state index < -0.39 is 18.1 Å². The summed E-state index contributed by atoms with van der Waals surface area (Å²) in [7, 11) is 0. The summed E-state index contributed by atoms with van der Waals surface area (Å²) in [5.74, 6) is -2.92. The standard InChI is InChI=1S/C12H12F3NO3/c13-12(14,15)11(19)16-9-6-4-8(5-7-9)2-1-3-10(17)18/h4-7H,1-3H2,(H,16,19)(H,17,18). The predicted octanol–water partition coefficient (Wildman–Crippen LogP) is 2.59. The molecule has 0 aliphatic heterocycles. The largest absolute Gasteiger partial charge is 0.481 e. The van der Waals surface area contributed by atoms with E-state index >= 15 is 0 Å². The Hall–Kier alpha value is -2.05. The van der Waals surface area contributed by atoms with Crippen molar-refractivity contribution in [3.63, 3.8) is 0 Å². The van der Waals surface area contributed by atoms with Crippen molar-refractivity contribution < 1.29 is 27.9 Å². The van der Waals surface area contributed by atoms with Gasteiger partial charge in [0.05, 0.1) is 0 Å². The number of aliphatic carboxylic acids is 1. The fraction of sp³-hybridized carbons (Fsp3) is 0.333. The summed E-state index contributed by atoms with van der Waals surface area (Å²) in [5.41, 5.74) is 0.843. The third kappa shape index (κ3) is 5.41. The van der Waals surface area contributed by atoms with Crippen molar-refractivity contribution in [3.8, 4) is 0 Å². The van der Waals surface area contributed by atoms with Crippen LogP contribution in [0, 0.1) is 0 Å². The van der Waals surface area contributed by atoms with E-state index in [2.05, 4.69) is 0 Å². The quantitative estimate of drug-likeness (QED) is 0.868. The van der Waals surface area contributed by atoms with Crippen LogP contribution in [0.25, 0.3) is 0 Å². The number of alkyl halides is 3. The normalized spacial score (nSPS) is 11.1. The molecule has 0 atom stereocenters. The highest BCUT2D eigenvalue weighted by molar-refractivity contribution is 5.94. The lowest BCUT2D eigenvalue weighted by molar-refractivity contribution is -0.167. The lowest BCUT2D eigenvalue weighted by Gasteiger charge is -2.08. The van der Waals surface area contributed by atoms with Crippen LogP contribution in [-0.4, -0.2) is 23.2 Å². The molecule has 0 aromatic heterocycles. The Balaban J connectivity index is 2.52. The minimum Gasteiger partial charge on any atom is -0.481 e. The highest BCUT2D eigenvalue weighted by Gasteiger charge is 2.38. The van der Waals surface area contributed by atoms with Crippen LogP contribution in [0.2, 0.25) is 0 Å². The predicted molar refractivity (Wildman–Crippen MR) is 61.7 cm³/mol. The summed E-state index contributed by atoms with van der Waals surface area (Å²) >= 11 is 0. The summed E-state index contributed by atoms with van der Waals surface area (Å²) in [6, 6.07) is 5.79. The van der Waals surface area contributed by atoms with Crippen LogP contribution in [0.4, 0.5) is 18.9 Å². The van der Waals surface area contributed by atoms with Crippen molar-refractivity contribution in [1.29, 1.82) is 0 Å². The second kappa shape index (κ2) is 6.21. The first-order valence-corrected chi connectivity index (χ1v) is 5.48. The lowest BCUT2D eigenvalue weighted by atomic mass is 10.1. The van der Waals surface area contributed by atoms with Crippen molar-refractivity contribution in [1.82, 2.24) is 0 Å². The summed E-state index contributed by atoms with van der Waals surface area (Å²) in [5, 5.41) is 10.2. The molecule has 7 heteroatoms. The van der Waals surface area contributed by atoms with Crippen LogP contribution in [0.5, 0.6) is 0 Å². The molecule has 1 aromatic rings. The van der Waals surface area contributed by atoms with E-state index in [9.17, 15) is 22.8 Å². The van der Waals surface area contributed by atoms with Crippen LogP contribution < -0.4 is 5.32 Å². The molecule has 19 heavy (non-hydrogen) atoms. The van der Waals surface area contributed by atoms with Gasteiger partial charge in [-0.2, -0.15) is 13.2 Å². The van der Waals surface area contributed by atoms with Gasteiger partial charge in [0.2, 0.25) is 0 Å². The van der Waals surface area contributed by atoms with Crippen LogP contribution in [0.3, 0.4) is 0 Å². The molecular formula is C12H12F3NO3. The van der Waals surface area contributed by atoms with Gasteiger partial charge in [-0.25, -0.2) is 0 Å². The SMILES string of the molecule is O=C(O)CCCc1ccc(NC(=O)C(F)(F)F)cc1. The molecule has 0 aliphatic rings. The molecule has 0 aliphatic carbocycles. The number of nitrogens with one attached hydrogen (secondary N) is 1. The van der Waals surface area contributed by atoms with Crippen molar-refractivity contribution in [2.75, 3.05) is 5.32 Å². The van der Waals surface area contributed by atoms with E-state index in [1.807, 2.05) is 0 Å². The minimum atomic E-state index is -4.92. The highest BCUT2D eigenvalue weighted by atomic mass is 19.4. The maximum Gasteiger partial charge on any atom is 0.471 e. The molecule has 4 nitrogen and oxygen atoms in total. The number of hydrogen-bond donors (Lipinski definition) is 2. The number of carbonyl (C=O) groups excluding carboxylic acids is 1. The van der Waals surface area contributed by atoms with Crippen molar-refractivity contribution in [2.45, 2.75) is 25.4 Å². The van der Waals surface area contributed by atoms with E-state index in [1.165, 1.54) is 12.1 Å². The zero-order chi connectivity index (χ0) is 14.5. The van der Waals surface area contributed by atoms with Gasteiger partial charge in [0.25, 0.3) is 0 Å². The maximum atomic E-state index is 12.0. The van der Waals surface area contributed by atoms with Gasteiger partial charge in [-0.1, -0.05) is 12.1 Å². The van der Waals surface area contributed by atoms with Gasteiger partial charge in [0, 0.05) is 12.1 Å². The summed E-state index contributed by atoms with van der Waals surface area (Å²) in [4.78, 5) is 21.0. The smallest absolute Gasteiger partial charge is 0.471 e. The van der Waals surface area contributed by atoms with Gasteiger partial charge in [0.1, 0.15) is 0 Å². The first-order chi connectivity index (χ1) is 8.79. The van der Waals surface area contributed by atoms with Gasteiger partial charge in [0.15, 0.2) is 0 Å². The van der Waals surface area contributed by atoms with Crippen molar-refractivity contribution >= 4 is 17.6 Å². The average molecular weight is 275 g/mol. The van der Waals surface area contributed by atoms with Crippen LogP contribution in [0.15, 0.2) is 24.3 Å². The number of anilines is 1. The molecule has 0 radical (unpaired) electrons.